The zero-order valence-corrected chi connectivity index (χ0v) is 12.2. The largest absolute Gasteiger partial charge is 0.484 e. The third-order valence-electron chi connectivity index (χ3n) is 4.26. The van der Waals surface area contributed by atoms with Gasteiger partial charge in [-0.05, 0) is 43.9 Å². The molecule has 0 heterocycles. The minimum absolute atomic E-state index is 0.0433. The van der Waals surface area contributed by atoms with E-state index >= 15 is 0 Å². The highest BCUT2D eigenvalue weighted by molar-refractivity contribution is 5.88. The van der Waals surface area contributed by atoms with E-state index in [2.05, 4.69) is 20.8 Å². The Kier molecular flexibility index (Phi) is 3.76. The second-order valence-corrected chi connectivity index (χ2v) is 6.50. The molecular formula is C16H21FO3. The van der Waals surface area contributed by atoms with E-state index in [-0.39, 0.29) is 16.7 Å². The summed E-state index contributed by atoms with van der Waals surface area (Å²) in [5.74, 6) is -1.54. The van der Waals surface area contributed by atoms with E-state index in [0.717, 1.165) is 31.7 Å². The predicted molar refractivity (Wildman–Crippen MR) is 74.6 cm³/mol. The number of halogens is 1. The van der Waals surface area contributed by atoms with Crippen LogP contribution in [0, 0.1) is 11.2 Å². The highest BCUT2D eigenvalue weighted by atomic mass is 19.1. The molecular weight excluding hydrogens is 259 g/mol. The molecule has 0 radical (unpaired) electrons. The van der Waals surface area contributed by atoms with E-state index < -0.39 is 17.4 Å². The molecule has 0 bridgehead atoms. The van der Waals surface area contributed by atoms with Crippen molar-refractivity contribution in [2.45, 2.75) is 52.1 Å². The van der Waals surface area contributed by atoms with Crippen molar-refractivity contribution in [1.29, 1.82) is 0 Å². The Labute approximate surface area is 118 Å². The van der Waals surface area contributed by atoms with Crippen molar-refractivity contribution in [3.8, 4) is 5.75 Å². The van der Waals surface area contributed by atoms with Gasteiger partial charge >= 0.3 is 5.97 Å². The van der Waals surface area contributed by atoms with Gasteiger partial charge in [0.15, 0.2) is 11.6 Å². The fraction of sp³-hybridized carbons (Fsp3) is 0.562. The fourth-order valence-corrected chi connectivity index (χ4v) is 2.88. The molecule has 1 N–H and O–H groups in total. The first kappa shape index (κ1) is 14.8. The summed E-state index contributed by atoms with van der Waals surface area (Å²) in [6.07, 6.45) is 3.84. The van der Waals surface area contributed by atoms with Crippen molar-refractivity contribution >= 4 is 5.97 Å². The van der Waals surface area contributed by atoms with Gasteiger partial charge in [0.1, 0.15) is 5.60 Å². The molecule has 0 amide bonds. The third-order valence-corrected chi connectivity index (χ3v) is 4.26. The molecule has 1 aliphatic rings. The first-order valence-electron chi connectivity index (χ1n) is 6.97. The summed E-state index contributed by atoms with van der Waals surface area (Å²) in [6, 6.07) is 3.69. The molecule has 4 heteroatoms. The number of aromatic carboxylic acids is 1. The van der Waals surface area contributed by atoms with Crippen LogP contribution in [0.2, 0.25) is 0 Å². The Morgan fingerprint density at radius 2 is 1.90 bits per heavy atom. The van der Waals surface area contributed by atoms with E-state index in [4.69, 9.17) is 9.84 Å². The van der Waals surface area contributed by atoms with Crippen LogP contribution in [0.4, 0.5) is 4.39 Å². The molecule has 1 aromatic carbocycles. The van der Waals surface area contributed by atoms with Gasteiger partial charge in [0, 0.05) is 5.41 Å². The first-order chi connectivity index (χ1) is 9.25. The molecule has 0 atom stereocenters. The van der Waals surface area contributed by atoms with Gasteiger partial charge in [-0.1, -0.05) is 20.8 Å². The van der Waals surface area contributed by atoms with Crippen LogP contribution in [-0.2, 0) is 0 Å². The molecule has 3 nitrogen and oxygen atoms in total. The zero-order valence-electron chi connectivity index (χ0n) is 12.2. The van der Waals surface area contributed by atoms with Crippen LogP contribution >= 0.6 is 0 Å². The van der Waals surface area contributed by atoms with Crippen molar-refractivity contribution in [2.24, 2.45) is 5.41 Å². The molecule has 0 spiro atoms. The van der Waals surface area contributed by atoms with Gasteiger partial charge in [0.05, 0.1) is 5.56 Å². The lowest BCUT2D eigenvalue weighted by Gasteiger charge is -2.42. The predicted octanol–water partition coefficient (Wildman–Crippen LogP) is 4.26. The average Bonchev–Trinajstić information content (AvgIpc) is 2.81. The number of ether oxygens (including phenoxy) is 1. The van der Waals surface area contributed by atoms with Gasteiger partial charge in [-0.3, -0.25) is 0 Å². The fourth-order valence-electron chi connectivity index (χ4n) is 2.88. The standard InChI is InChI=1S/C16H21FO3/c1-15(2,3)16(8-4-5-9-16)20-13-10-11(14(18)19)6-7-12(13)17/h6-7,10H,4-5,8-9H2,1-3H3,(H,18,19). The van der Waals surface area contributed by atoms with E-state index in [1.807, 2.05) is 0 Å². The van der Waals surface area contributed by atoms with Gasteiger partial charge in [0.25, 0.3) is 0 Å². The molecule has 0 aromatic heterocycles. The van der Waals surface area contributed by atoms with Crippen LogP contribution in [0.5, 0.6) is 5.75 Å². The minimum atomic E-state index is -1.08. The summed E-state index contributed by atoms with van der Waals surface area (Å²) in [5.41, 5.74) is -0.511. The van der Waals surface area contributed by atoms with Gasteiger partial charge in [-0.25, -0.2) is 9.18 Å². The second-order valence-electron chi connectivity index (χ2n) is 6.50. The van der Waals surface area contributed by atoms with Crippen LogP contribution in [0.3, 0.4) is 0 Å². The molecule has 110 valence electrons. The monoisotopic (exact) mass is 280 g/mol. The molecule has 0 saturated heterocycles. The summed E-state index contributed by atoms with van der Waals surface area (Å²) < 4.78 is 19.9. The molecule has 2 rings (SSSR count). The lowest BCUT2D eigenvalue weighted by Crippen LogP contribution is -2.46. The SMILES string of the molecule is CC(C)(C)C1(Oc2cc(C(=O)O)ccc2F)CCCC1. The molecule has 1 aromatic rings. The summed E-state index contributed by atoms with van der Waals surface area (Å²) in [5, 5.41) is 9.01. The van der Waals surface area contributed by atoms with Crippen molar-refractivity contribution < 1.29 is 19.0 Å². The Bertz CT molecular complexity index is 511. The Morgan fingerprint density at radius 1 is 1.30 bits per heavy atom. The maximum absolute atomic E-state index is 13.9. The quantitative estimate of drug-likeness (QED) is 0.899. The maximum Gasteiger partial charge on any atom is 0.335 e. The van der Waals surface area contributed by atoms with Crippen LogP contribution in [-0.4, -0.2) is 16.7 Å². The normalized spacial score (nSPS) is 18.0. The van der Waals surface area contributed by atoms with Crippen molar-refractivity contribution in [3.05, 3.63) is 29.6 Å². The molecule has 1 fully saturated rings. The number of carboxylic acid groups (broad SMARTS) is 1. The van der Waals surface area contributed by atoms with E-state index in [1.165, 1.54) is 12.1 Å². The van der Waals surface area contributed by atoms with Crippen molar-refractivity contribution in [2.75, 3.05) is 0 Å². The first-order valence-corrected chi connectivity index (χ1v) is 6.97. The van der Waals surface area contributed by atoms with E-state index in [0.29, 0.717) is 0 Å². The molecule has 0 unspecified atom stereocenters. The van der Waals surface area contributed by atoms with Crippen LogP contribution in [0.1, 0.15) is 56.8 Å². The summed E-state index contributed by atoms with van der Waals surface area (Å²) in [6.45, 7) is 6.24. The average molecular weight is 280 g/mol. The summed E-state index contributed by atoms with van der Waals surface area (Å²) >= 11 is 0. The number of rotatable bonds is 3. The molecule has 20 heavy (non-hydrogen) atoms. The highest BCUT2D eigenvalue weighted by Gasteiger charge is 2.46. The van der Waals surface area contributed by atoms with Crippen LogP contribution < -0.4 is 4.74 Å². The molecule has 1 aliphatic carbocycles. The number of hydrogen-bond acceptors (Lipinski definition) is 2. The highest BCUT2D eigenvalue weighted by Crippen LogP contribution is 2.46. The number of benzene rings is 1. The topological polar surface area (TPSA) is 46.5 Å². The lowest BCUT2D eigenvalue weighted by molar-refractivity contribution is -0.0296. The van der Waals surface area contributed by atoms with E-state index in [1.54, 1.807) is 0 Å². The van der Waals surface area contributed by atoms with Crippen molar-refractivity contribution in [1.82, 2.24) is 0 Å². The smallest absolute Gasteiger partial charge is 0.335 e. The van der Waals surface area contributed by atoms with Gasteiger partial charge in [-0.2, -0.15) is 0 Å². The number of hydrogen-bond donors (Lipinski definition) is 1. The summed E-state index contributed by atoms with van der Waals surface area (Å²) in [7, 11) is 0. The van der Waals surface area contributed by atoms with Gasteiger partial charge in [0.2, 0.25) is 0 Å². The molecule has 0 aliphatic heterocycles. The Morgan fingerprint density at radius 3 is 2.40 bits per heavy atom. The van der Waals surface area contributed by atoms with Crippen LogP contribution in [0.25, 0.3) is 0 Å². The van der Waals surface area contributed by atoms with Crippen molar-refractivity contribution in [3.63, 3.8) is 0 Å². The maximum atomic E-state index is 13.9. The van der Waals surface area contributed by atoms with E-state index in [9.17, 15) is 9.18 Å². The Hall–Kier alpha value is -1.58. The Balaban J connectivity index is 2.37. The second kappa shape index (κ2) is 5.08. The van der Waals surface area contributed by atoms with Gasteiger partial charge in [-0.15, -0.1) is 0 Å². The van der Waals surface area contributed by atoms with Crippen LogP contribution in [0.15, 0.2) is 18.2 Å². The lowest BCUT2D eigenvalue weighted by atomic mass is 9.75. The summed E-state index contributed by atoms with van der Waals surface area (Å²) in [4.78, 5) is 11.0. The zero-order chi connectivity index (χ0) is 15.0. The number of carboxylic acids is 1. The van der Waals surface area contributed by atoms with Gasteiger partial charge < -0.3 is 9.84 Å². The minimum Gasteiger partial charge on any atom is -0.484 e. The molecule has 1 saturated carbocycles. The third kappa shape index (κ3) is 2.65. The number of carbonyl (C=O) groups is 1.